The first-order valence-electron chi connectivity index (χ1n) is 25.1. The van der Waals surface area contributed by atoms with E-state index in [1.807, 2.05) is 34.0 Å². The van der Waals surface area contributed by atoms with Crippen LogP contribution in [-0.2, 0) is 21.7 Å². The number of nitrogens with one attached hydrogen (secondary N) is 1. The molecule has 1 aliphatic carbocycles. The molecule has 2 aliphatic rings. The van der Waals surface area contributed by atoms with Crippen LogP contribution < -0.4 is 16.2 Å². The van der Waals surface area contributed by atoms with Crippen molar-refractivity contribution < 1.29 is 0 Å². The summed E-state index contributed by atoms with van der Waals surface area (Å²) in [5, 5.41) is 14.8. The molecular formula is C64H56BN2S3. The van der Waals surface area contributed by atoms with Gasteiger partial charge in [-0.25, -0.2) is 0 Å². The van der Waals surface area contributed by atoms with Gasteiger partial charge in [0, 0.05) is 88.5 Å². The average Bonchev–Trinajstić information content (AvgIpc) is 4.08. The first-order chi connectivity index (χ1) is 33.4. The lowest BCUT2D eigenvalue weighted by atomic mass is 9.58. The molecule has 8 aromatic carbocycles. The lowest BCUT2D eigenvalue weighted by Crippen LogP contribution is -2.37. The van der Waals surface area contributed by atoms with Gasteiger partial charge in [-0.05, 0) is 140 Å². The number of thiophene rings is 3. The highest BCUT2D eigenvalue weighted by atomic mass is 32.1. The van der Waals surface area contributed by atoms with Crippen molar-refractivity contribution >= 4 is 146 Å². The zero-order chi connectivity index (χ0) is 48.0. The van der Waals surface area contributed by atoms with Crippen LogP contribution in [0.15, 0.2) is 127 Å². The Labute approximate surface area is 423 Å². The zero-order valence-corrected chi connectivity index (χ0v) is 44.2. The minimum atomic E-state index is -0.00724. The van der Waals surface area contributed by atoms with Gasteiger partial charge in [0.1, 0.15) is 0 Å². The van der Waals surface area contributed by atoms with Crippen LogP contribution in [0.25, 0.3) is 99.1 Å². The van der Waals surface area contributed by atoms with E-state index in [0.717, 1.165) is 11.4 Å². The average molecular weight is 960 g/mol. The van der Waals surface area contributed by atoms with E-state index in [9.17, 15) is 0 Å². The number of hydrogen-bond acceptors (Lipinski definition) is 4. The molecule has 14 rings (SSSR count). The van der Waals surface area contributed by atoms with Crippen LogP contribution in [0.4, 0.5) is 11.4 Å². The van der Waals surface area contributed by atoms with E-state index in [2.05, 4.69) is 214 Å². The fourth-order valence-electron chi connectivity index (χ4n) is 12.3. The molecule has 0 spiro atoms. The normalized spacial score (nSPS) is 15.5. The maximum absolute atomic E-state index is 4.11. The molecular weight excluding hydrogens is 904 g/mol. The summed E-state index contributed by atoms with van der Waals surface area (Å²) in [5.74, 6) is 0. The molecule has 0 unspecified atom stereocenters. The van der Waals surface area contributed by atoms with Crippen molar-refractivity contribution in [2.24, 2.45) is 0 Å². The molecule has 5 heterocycles. The van der Waals surface area contributed by atoms with Crippen molar-refractivity contribution in [1.29, 1.82) is 0 Å². The highest BCUT2D eigenvalue weighted by Crippen LogP contribution is 2.53. The first kappa shape index (κ1) is 42.9. The van der Waals surface area contributed by atoms with E-state index in [-0.39, 0.29) is 21.7 Å². The van der Waals surface area contributed by atoms with Crippen LogP contribution >= 0.6 is 34.0 Å². The SMILES string of the molecule is CC(C)(C)c1ccc(Nc2cc3sc4cc5c(cc4c3cc2-c2c3c4c(c6cc(C(C)(C)C)ccc6n4-c4cc6sc7ccccc7c6cc4[B]3)c3sc4ccccc4c23)C(C)(C)CCC5(C)C)cc1. The van der Waals surface area contributed by atoms with Crippen LogP contribution in [-0.4, -0.2) is 11.8 Å². The highest BCUT2D eigenvalue weighted by molar-refractivity contribution is 7.27. The number of hydrogen-bond donors (Lipinski definition) is 1. The zero-order valence-electron chi connectivity index (χ0n) is 41.8. The Kier molecular flexibility index (Phi) is 8.81. The van der Waals surface area contributed by atoms with E-state index in [1.165, 1.54) is 145 Å². The van der Waals surface area contributed by atoms with E-state index in [1.54, 1.807) is 0 Å². The Bertz CT molecular complexity index is 4250. The number of fused-ring (bicyclic) bond motifs is 16. The third-order valence-electron chi connectivity index (χ3n) is 16.4. The maximum Gasteiger partial charge on any atom is 0.197 e. The summed E-state index contributed by atoms with van der Waals surface area (Å²) in [6.07, 6.45) is 2.39. The van der Waals surface area contributed by atoms with E-state index in [0.29, 0.717) is 0 Å². The fraction of sp³-hybridized carbons (Fsp3) is 0.250. The number of aromatic nitrogens is 1. The summed E-state index contributed by atoms with van der Waals surface area (Å²) in [5.41, 5.74) is 17.2. The first-order valence-corrected chi connectivity index (χ1v) is 27.6. The van der Waals surface area contributed by atoms with Gasteiger partial charge in [0.15, 0.2) is 7.28 Å². The maximum atomic E-state index is 4.11. The Morgan fingerprint density at radius 2 is 1.13 bits per heavy atom. The number of rotatable bonds is 3. The summed E-state index contributed by atoms with van der Waals surface area (Å²) in [4.78, 5) is 0. The van der Waals surface area contributed by atoms with Crippen LogP contribution in [0.1, 0.15) is 104 Å². The molecule has 0 saturated carbocycles. The monoisotopic (exact) mass is 959 g/mol. The van der Waals surface area contributed by atoms with Gasteiger partial charge >= 0.3 is 0 Å². The van der Waals surface area contributed by atoms with Crippen molar-refractivity contribution in [3.05, 3.63) is 150 Å². The molecule has 12 aromatic rings. The third-order valence-corrected chi connectivity index (χ3v) is 19.8. The van der Waals surface area contributed by atoms with Crippen LogP contribution in [0.5, 0.6) is 0 Å². The van der Waals surface area contributed by atoms with Gasteiger partial charge in [-0.15, -0.1) is 34.0 Å². The van der Waals surface area contributed by atoms with Gasteiger partial charge in [0.05, 0.1) is 11.0 Å². The van der Waals surface area contributed by atoms with Crippen LogP contribution in [0.2, 0.25) is 0 Å². The molecule has 0 atom stereocenters. The van der Waals surface area contributed by atoms with Crippen molar-refractivity contribution in [2.45, 2.75) is 104 Å². The van der Waals surface area contributed by atoms with E-state index in [4.69, 9.17) is 0 Å². The Balaban J connectivity index is 1.15. The lowest BCUT2D eigenvalue weighted by Gasteiger charge is -2.41. The van der Waals surface area contributed by atoms with Gasteiger partial charge in [0.2, 0.25) is 0 Å². The molecule has 0 bridgehead atoms. The quantitative estimate of drug-likeness (QED) is 0.175. The van der Waals surface area contributed by atoms with Crippen LogP contribution in [0.3, 0.4) is 0 Å². The molecule has 0 fully saturated rings. The summed E-state index contributed by atoms with van der Waals surface area (Å²) in [7, 11) is 2.56. The summed E-state index contributed by atoms with van der Waals surface area (Å²) in [6, 6.07) is 49.8. The second-order valence-corrected chi connectivity index (χ2v) is 27.1. The molecule has 2 nitrogen and oxygen atoms in total. The fourth-order valence-corrected chi connectivity index (χ4v) is 15.8. The van der Waals surface area contributed by atoms with Crippen molar-refractivity contribution in [3.8, 4) is 16.8 Å². The Hall–Kier alpha value is -5.92. The smallest absolute Gasteiger partial charge is 0.197 e. The molecule has 70 heavy (non-hydrogen) atoms. The number of nitrogens with zero attached hydrogens (tertiary/aromatic N) is 1. The van der Waals surface area contributed by atoms with Gasteiger partial charge in [-0.3, -0.25) is 0 Å². The van der Waals surface area contributed by atoms with E-state index >= 15 is 0 Å². The molecule has 1 N–H and O–H groups in total. The van der Waals surface area contributed by atoms with Gasteiger partial charge < -0.3 is 9.88 Å². The standard InChI is InChI=1S/C64H56BN2S3/c1-61(2,3)34-19-22-36(23-20-34)66-47-32-53-39(40-29-44-45(31-52(40)69-53)64(9,10)26-25-63(44,7)8)28-42(47)55-56-38-16-12-14-18-51(38)70-60(56)57-43-27-35(62(4,5)6)21-24-48(43)67-49-33-54-41(30-46(49)65-58(55)59(57)67)37-15-11-13-17-50(37)68-54/h11-24,27-33,66H,25-26H2,1-10H3. The molecule has 1 aliphatic heterocycles. The summed E-state index contributed by atoms with van der Waals surface area (Å²) in [6.45, 7) is 23.8. The van der Waals surface area contributed by atoms with Gasteiger partial charge in [0.25, 0.3) is 0 Å². The van der Waals surface area contributed by atoms with Gasteiger partial charge in [-0.2, -0.15) is 0 Å². The molecule has 4 aromatic heterocycles. The lowest BCUT2D eigenvalue weighted by molar-refractivity contribution is 0.332. The number of anilines is 2. The topological polar surface area (TPSA) is 17.0 Å². The molecule has 0 amide bonds. The van der Waals surface area contributed by atoms with E-state index < -0.39 is 0 Å². The predicted molar refractivity (Wildman–Crippen MR) is 312 cm³/mol. The minimum Gasteiger partial charge on any atom is -0.355 e. The Morgan fingerprint density at radius 3 is 1.86 bits per heavy atom. The molecule has 6 heteroatoms. The molecule has 0 saturated heterocycles. The van der Waals surface area contributed by atoms with Crippen LogP contribution in [0, 0.1) is 0 Å². The van der Waals surface area contributed by atoms with Crippen molar-refractivity contribution in [1.82, 2.24) is 4.57 Å². The minimum absolute atomic E-state index is 0.00724. The summed E-state index contributed by atoms with van der Waals surface area (Å²) < 4.78 is 10.7. The Morgan fingerprint density at radius 1 is 0.529 bits per heavy atom. The van der Waals surface area contributed by atoms with Crippen molar-refractivity contribution in [3.63, 3.8) is 0 Å². The van der Waals surface area contributed by atoms with Gasteiger partial charge in [-0.1, -0.05) is 135 Å². The number of benzene rings is 8. The largest absolute Gasteiger partial charge is 0.355 e. The highest BCUT2D eigenvalue weighted by Gasteiger charge is 2.38. The molecule has 343 valence electrons. The predicted octanol–water partition coefficient (Wildman–Crippen LogP) is 18.2. The second-order valence-electron chi connectivity index (χ2n) is 23.9. The second kappa shape index (κ2) is 14.4. The van der Waals surface area contributed by atoms with Crippen molar-refractivity contribution in [2.75, 3.05) is 5.32 Å². The third kappa shape index (κ3) is 6.15. The molecule has 1 radical (unpaired) electrons. The summed E-state index contributed by atoms with van der Waals surface area (Å²) >= 11 is 5.83.